The molecule has 0 aromatic rings. The molecule has 21 heavy (non-hydrogen) atoms. The molecule has 1 saturated carbocycles. The normalized spacial score (nSPS) is 28.9. The molecule has 0 spiro atoms. The van der Waals surface area contributed by atoms with Gasteiger partial charge in [0.05, 0.1) is 12.0 Å². The lowest BCUT2D eigenvalue weighted by atomic mass is 10.1. The van der Waals surface area contributed by atoms with Crippen molar-refractivity contribution >= 4 is 35.0 Å². The second-order valence-electron chi connectivity index (χ2n) is 6.09. The van der Waals surface area contributed by atoms with E-state index in [1.807, 2.05) is 18.7 Å². The maximum Gasteiger partial charge on any atom is 0.234 e. The van der Waals surface area contributed by atoms with E-state index in [1.54, 1.807) is 0 Å². The number of halogens is 2. The van der Waals surface area contributed by atoms with Crippen LogP contribution in [0.2, 0.25) is 0 Å². The summed E-state index contributed by atoms with van der Waals surface area (Å²) < 4.78 is -0.920. The summed E-state index contributed by atoms with van der Waals surface area (Å²) in [5.74, 6) is 0.0688. The van der Waals surface area contributed by atoms with Gasteiger partial charge < -0.3 is 10.2 Å². The van der Waals surface area contributed by atoms with E-state index in [9.17, 15) is 9.59 Å². The fourth-order valence-electron chi connectivity index (χ4n) is 2.77. The molecule has 0 aromatic carbocycles. The molecule has 2 aliphatic rings. The highest BCUT2D eigenvalue weighted by molar-refractivity contribution is 6.53. The van der Waals surface area contributed by atoms with Crippen LogP contribution in [0.4, 0.5) is 0 Å². The van der Waals surface area contributed by atoms with Gasteiger partial charge >= 0.3 is 0 Å². The quantitative estimate of drug-likeness (QED) is 0.786. The Hall–Kier alpha value is -0.520. The van der Waals surface area contributed by atoms with Crippen LogP contribution < -0.4 is 5.32 Å². The average Bonchev–Trinajstić information content (AvgIpc) is 3.00. The summed E-state index contributed by atoms with van der Waals surface area (Å²) in [7, 11) is 0. The average molecular weight is 336 g/mol. The summed E-state index contributed by atoms with van der Waals surface area (Å²) in [6.45, 7) is 7.61. The van der Waals surface area contributed by atoms with Gasteiger partial charge in [-0.15, -0.1) is 23.2 Å². The number of likely N-dealkylation sites (N-methyl/N-ethyl adjacent to an activating group) is 1. The zero-order valence-electron chi connectivity index (χ0n) is 12.6. The second kappa shape index (κ2) is 6.31. The number of hydrogen-bond acceptors (Lipinski definition) is 3. The minimum atomic E-state index is -0.920. The van der Waals surface area contributed by atoms with Gasteiger partial charge in [0.25, 0.3) is 0 Å². The highest BCUT2D eigenvalue weighted by Crippen LogP contribution is 2.64. The third-order valence-electron chi connectivity index (χ3n) is 4.35. The Balaban J connectivity index is 1.87. The summed E-state index contributed by atoms with van der Waals surface area (Å²) in [5, 5.41) is 2.80. The number of carbonyl (C=O) groups is 2. The predicted octanol–water partition coefficient (Wildman–Crippen LogP) is 1.24. The fraction of sp³-hybridized carbons (Fsp3) is 0.857. The van der Waals surface area contributed by atoms with Crippen LogP contribution >= 0.6 is 23.2 Å². The number of hydrogen-bond donors (Lipinski definition) is 1. The minimum absolute atomic E-state index is 0.0342. The molecule has 1 N–H and O–H groups in total. The van der Waals surface area contributed by atoms with Crippen LogP contribution in [0.3, 0.4) is 0 Å². The van der Waals surface area contributed by atoms with Crippen LogP contribution in [0.15, 0.2) is 0 Å². The molecular weight excluding hydrogens is 313 g/mol. The summed E-state index contributed by atoms with van der Waals surface area (Å²) in [5.41, 5.74) is -0.648. The summed E-state index contributed by atoms with van der Waals surface area (Å²) in [6.07, 6.45) is 1.37. The van der Waals surface area contributed by atoms with Crippen molar-refractivity contribution < 1.29 is 9.59 Å². The van der Waals surface area contributed by atoms with Crippen molar-refractivity contribution in [1.82, 2.24) is 15.1 Å². The first kappa shape index (κ1) is 16.8. The van der Waals surface area contributed by atoms with E-state index in [0.29, 0.717) is 39.1 Å². The molecular formula is C14H23Cl2N3O2. The van der Waals surface area contributed by atoms with Crippen LogP contribution in [0.5, 0.6) is 0 Å². The van der Waals surface area contributed by atoms with E-state index in [0.717, 1.165) is 13.0 Å². The Kier molecular flexibility index (Phi) is 5.06. The Morgan fingerprint density at radius 3 is 2.43 bits per heavy atom. The lowest BCUT2D eigenvalue weighted by Crippen LogP contribution is -2.42. The zero-order chi connectivity index (χ0) is 15.7. The van der Waals surface area contributed by atoms with Crippen molar-refractivity contribution in [1.29, 1.82) is 0 Å². The molecule has 2 rings (SSSR count). The van der Waals surface area contributed by atoms with Crippen LogP contribution in [0, 0.1) is 5.41 Å². The lowest BCUT2D eigenvalue weighted by Gasteiger charge is -2.25. The molecule has 0 radical (unpaired) electrons. The standard InChI is InChI=1S/C14H23Cl2N3O2/c1-3-17-11(20)9-18-5-4-6-19(8-7-18)12(21)13(2)10-14(13,15)16/h3-10H2,1-2H3,(H,17,20). The van der Waals surface area contributed by atoms with Gasteiger partial charge in [-0.3, -0.25) is 14.5 Å². The van der Waals surface area contributed by atoms with E-state index < -0.39 is 9.75 Å². The summed E-state index contributed by atoms with van der Waals surface area (Å²) in [6, 6.07) is 0. The van der Waals surface area contributed by atoms with Gasteiger partial charge in [0.15, 0.2) is 0 Å². The largest absolute Gasteiger partial charge is 0.355 e. The Morgan fingerprint density at radius 1 is 1.19 bits per heavy atom. The number of alkyl halides is 2. The zero-order valence-corrected chi connectivity index (χ0v) is 14.1. The minimum Gasteiger partial charge on any atom is -0.355 e. The molecule has 1 atom stereocenters. The van der Waals surface area contributed by atoms with Crippen LogP contribution in [-0.2, 0) is 9.59 Å². The SMILES string of the molecule is CCNC(=O)CN1CCCN(C(=O)C2(C)CC2(Cl)Cl)CC1. The van der Waals surface area contributed by atoms with Gasteiger partial charge in [-0.2, -0.15) is 0 Å². The Bertz CT molecular complexity index is 430. The molecule has 1 aliphatic heterocycles. The monoisotopic (exact) mass is 335 g/mol. The van der Waals surface area contributed by atoms with Crippen LogP contribution in [0.1, 0.15) is 26.7 Å². The van der Waals surface area contributed by atoms with Gasteiger partial charge in [-0.25, -0.2) is 0 Å². The Labute approximate surface area is 135 Å². The van der Waals surface area contributed by atoms with Crippen molar-refractivity contribution in [2.75, 3.05) is 39.3 Å². The van der Waals surface area contributed by atoms with E-state index >= 15 is 0 Å². The molecule has 5 nitrogen and oxygen atoms in total. The number of rotatable bonds is 4. The van der Waals surface area contributed by atoms with Gasteiger partial charge in [-0.1, -0.05) is 0 Å². The van der Waals surface area contributed by atoms with Crippen molar-refractivity contribution in [3.8, 4) is 0 Å². The van der Waals surface area contributed by atoms with Gasteiger partial charge in [0, 0.05) is 32.7 Å². The molecule has 1 saturated heterocycles. The van der Waals surface area contributed by atoms with Crippen molar-refractivity contribution in [3.63, 3.8) is 0 Å². The highest BCUT2D eigenvalue weighted by Gasteiger charge is 2.68. The van der Waals surface area contributed by atoms with Crippen molar-refractivity contribution in [2.24, 2.45) is 5.41 Å². The lowest BCUT2D eigenvalue weighted by molar-refractivity contribution is -0.136. The smallest absolute Gasteiger partial charge is 0.234 e. The number of amides is 2. The van der Waals surface area contributed by atoms with E-state index in [1.165, 1.54) is 0 Å². The number of carbonyl (C=O) groups excluding carboxylic acids is 2. The van der Waals surface area contributed by atoms with Gasteiger partial charge in [0.1, 0.15) is 4.33 Å². The third-order valence-corrected chi connectivity index (χ3v) is 5.45. The van der Waals surface area contributed by atoms with E-state index in [2.05, 4.69) is 10.2 Å². The van der Waals surface area contributed by atoms with E-state index in [4.69, 9.17) is 23.2 Å². The molecule has 2 amide bonds. The molecule has 0 bridgehead atoms. The van der Waals surface area contributed by atoms with E-state index in [-0.39, 0.29) is 11.8 Å². The summed E-state index contributed by atoms with van der Waals surface area (Å²) in [4.78, 5) is 28.1. The molecule has 7 heteroatoms. The van der Waals surface area contributed by atoms with Crippen molar-refractivity contribution in [2.45, 2.75) is 31.0 Å². The number of nitrogens with zero attached hydrogens (tertiary/aromatic N) is 2. The second-order valence-corrected chi connectivity index (χ2v) is 7.57. The fourth-order valence-corrected chi connectivity index (χ4v) is 3.47. The maximum atomic E-state index is 12.5. The summed E-state index contributed by atoms with van der Waals surface area (Å²) >= 11 is 12.2. The molecule has 1 unspecified atom stereocenters. The first-order valence-electron chi connectivity index (χ1n) is 7.46. The predicted molar refractivity (Wildman–Crippen MR) is 83.5 cm³/mol. The molecule has 120 valence electrons. The van der Waals surface area contributed by atoms with Gasteiger partial charge in [-0.05, 0) is 26.7 Å². The molecule has 2 fully saturated rings. The van der Waals surface area contributed by atoms with Crippen LogP contribution in [-0.4, -0.2) is 65.2 Å². The van der Waals surface area contributed by atoms with Gasteiger partial charge in [0.2, 0.25) is 11.8 Å². The topological polar surface area (TPSA) is 52.7 Å². The number of nitrogens with one attached hydrogen (secondary N) is 1. The Morgan fingerprint density at radius 2 is 1.86 bits per heavy atom. The van der Waals surface area contributed by atoms with Crippen LogP contribution in [0.25, 0.3) is 0 Å². The highest BCUT2D eigenvalue weighted by atomic mass is 35.5. The first-order chi connectivity index (χ1) is 9.80. The third kappa shape index (κ3) is 3.63. The molecule has 1 heterocycles. The van der Waals surface area contributed by atoms with Crippen molar-refractivity contribution in [3.05, 3.63) is 0 Å². The molecule has 1 aliphatic carbocycles. The maximum absolute atomic E-state index is 12.5. The molecule has 0 aromatic heterocycles. The first-order valence-corrected chi connectivity index (χ1v) is 8.22.